The maximum absolute atomic E-state index is 13.7. The second-order valence-corrected chi connectivity index (χ2v) is 5.94. The van der Waals surface area contributed by atoms with Crippen LogP contribution in [0.2, 0.25) is 0 Å². The number of nitrogens with zero attached hydrogens (tertiary/aromatic N) is 3. The average Bonchev–Trinajstić information content (AvgIpc) is 3.17. The molecule has 0 spiro atoms. The summed E-state index contributed by atoms with van der Waals surface area (Å²) in [7, 11) is 0. The van der Waals surface area contributed by atoms with Gasteiger partial charge in [-0.15, -0.1) is 0 Å². The molecule has 4 aromatic rings. The van der Waals surface area contributed by atoms with Crippen LogP contribution in [-0.2, 0) is 6.54 Å². The van der Waals surface area contributed by atoms with Gasteiger partial charge in [-0.25, -0.2) is 14.1 Å². The van der Waals surface area contributed by atoms with Gasteiger partial charge in [-0.05, 0) is 29.8 Å². The minimum absolute atomic E-state index is 0.0801. The first kappa shape index (κ1) is 16.6. The Morgan fingerprint density at radius 2 is 2.00 bits per heavy atom. The quantitative estimate of drug-likeness (QED) is 0.583. The minimum Gasteiger partial charge on any atom is -0.358 e. The van der Waals surface area contributed by atoms with Crippen molar-refractivity contribution in [2.24, 2.45) is 0 Å². The van der Waals surface area contributed by atoms with E-state index in [-0.39, 0.29) is 16.5 Å². The molecule has 2 aromatic heterocycles. The Morgan fingerprint density at radius 1 is 1.19 bits per heavy atom. The lowest BCUT2D eigenvalue weighted by molar-refractivity contribution is 0.102. The van der Waals surface area contributed by atoms with Crippen molar-refractivity contribution in [2.45, 2.75) is 6.54 Å². The fourth-order valence-electron chi connectivity index (χ4n) is 2.78. The Morgan fingerprint density at radius 3 is 2.74 bits per heavy atom. The molecule has 0 saturated carbocycles. The van der Waals surface area contributed by atoms with Gasteiger partial charge in [-0.3, -0.25) is 9.59 Å². The van der Waals surface area contributed by atoms with Crippen molar-refractivity contribution in [3.8, 4) is 0 Å². The molecule has 27 heavy (non-hydrogen) atoms. The Kier molecular flexibility index (Phi) is 4.21. The van der Waals surface area contributed by atoms with Gasteiger partial charge in [0.2, 0.25) is 5.43 Å². The molecular weight excluding hydrogens is 349 g/mol. The Labute approximate surface area is 152 Å². The second-order valence-electron chi connectivity index (χ2n) is 5.94. The van der Waals surface area contributed by atoms with Gasteiger partial charge in [0.25, 0.3) is 5.91 Å². The number of benzene rings is 2. The predicted octanol–water partition coefficient (Wildman–Crippen LogP) is 2.56. The standard InChI is InChI=1S/C19H14FN5O2/c20-16-3-1-2-14-17(16)22-8-15(18(14)26)19(27)24-13-6-4-12(5-7-13)9-25-11-21-10-23-25/h1-8,10-11H,9H2,(H,22,26)(H,24,27). The van der Waals surface area contributed by atoms with E-state index in [2.05, 4.69) is 20.4 Å². The van der Waals surface area contributed by atoms with Gasteiger partial charge in [-0.2, -0.15) is 5.10 Å². The molecule has 0 fully saturated rings. The molecular formula is C19H14FN5O2. The van der Waals surface area contributed by atoms with E-state index in [0.29, 0.717) is 12.2 Å². The van der Waals surface area contributed by atoms with E-state index < -0.39 is 17.2 Å². The van der Waals surface area contributed by atoms with Crippen LogP contribution in [0.4, 0.5) is 10.1 Å². The monoisotopic (exact) mass is 363 g/mol. The van der Waals surface area contributed by atoms with Crippen LogP contribution in [0.3, 0.4) is 0 Å². The molecule has 1 amide bonds. The topological polar surface area (TPSA) is 92.7 Å². The lowest BCUT2D eigenvalue weighted by atomic mass is 10.1. The number of pyridine rings is 1. The molecule has 2 N–H and O–H groups in total. The van der Waals surface area contributed by atoms with Gasteiger partial charge >= 0.3 is 0 Å². The van der Waals surface area contributed by atoms with Gasteiger partial charge < -0.3 is 10.3 Å². The fourth-order valence-corrected chi connectivity index (χ4v) is 2.78. The molecule has 4 rings (SSSR count). The number of hydrogen-bond acceptors (Lipinski definition) is 4. The molecule has 0 atom stereocenters. The number of carbonyl (C=O) groups excluding carboxylic acids is 1. The molecule has 0 bridgehead atoms. The van der Waals surface area contributed by atoms with E-state index in [1.807, 2.05) is 12.1 Å². The highest BCUT2D eigenvalue weighted by molar-refractivity contribution is 6.05. The van der Waals surface area contributed by atoms with Crippen molar-refractivity contribution in [3.05, 3.63) is 88.5 Å². The summed E-state index contributed by atoms with van der Waals surface area (Å²) < 4.78 is 15.4. The maximum atomic E-state index is 13.7. The molecule has 0 aliphatic carbocycles. The number of aromatic amines is 1. The van der Waals surface area contributed by atoms with Crippen molar-refractivity contribution in [1.82, 2.24) is 19.7 Å². The number of fused-ring (bicyclic) bond motifs is 1. The van der Waals surface area contributed by atoms with Crippen molar-refractivity contribution in [3.63, 3.8) is 0 Å². The number of H-pyrrole nitrogens is 1. The highest BCUT2D eigenvalue weighted by Crippen LogP contribution is 2.14. The number of nitrogens with one attached hydrogen (secondary N) is 2. The number of hydrogen-bond donors (Lipinski definition) is 2. The third-order valence-corrected chi connectivity index (χ3v) is 4.13. The van der Waals surface area contributed by atoms with Crippen LogP contribution in [0.5, 0.6) is 0 Å². The summed E-state index contributed by atoms with van der Waals surface area (Å²) in [6.45, 7) is 0.560. The average molecular weight is 363 g/mol. The van der Waals surface area contributed by atoms with Crippen molar-refractivity contribution >= 4 is 22.5 Å². The van der Waals surface area contributed by atoms with E-state index in [9.17, 15) is 14.0 Å². The first-order valence-electron chi connectivity index (χ1n) is 8.14. The minimum atomic E-state index is -0.563. The van der Waals surface area contributed by atoms with Crippen LogP contribution in [-0.4, -0.2) is 25.7 Å². The number of rotatable bonds is 4. The smallest absolute Gasteiger partial charge is 0.261 e. The molecule has 0 saturated heterocycles. The second kappa shape index (κ2) is 6.83. The van der Waals surface area contributed by atoms with Crippen LogP contribution >= 0.6 is 0 Å². The molecule has 2 aromatic carbocycles. The summed E-state index contributed by atoms with van der Waals surface area (Å²) in [4.78, 5) is 31.5. The van der Waals surface area contributed by atoms with E-state index in [4.69, 9.17) is 0 Å². The van der Waals surface area contributed by atoms with Crippen molar-refractivity contribution < 1.29 is 9.18 Å². The molecule has 0 aliphatic rings. The molecule has 0 radical (unpaired) electrons. The molecule has 8 heteroatoms. The Hall–Kier alpha value is -3.81. The van der Waals surface area contributed by atoms with E-state index >= 15 is 0 Å². The zero-order valence-corrected chi connectivity index (χ0v) is 14.0. The summed E-state index contributed by atoms with van der Waals surface area (Å²) in [6.07, 6.45) is 4.30. The zero-order chi connectivity index (χ0) is 18.8. The first-order chi connectivity index (χ1) is 13.1. The first-order valence-corrected chi connectivity index (χ1v) is 8.14. The normalized spacial score (nSPS) is 10.9. The molecule has 0 aliphatic heterocycles. The highest BCUT2D eigenvalue weighted by Gasteiger charge is 2.14. The summed E-state index contributed by atoms with van der Waals surface area (Å²) in [6, 6.07) is 11.3. The third-order valence-electron chi connectivity index (χ3n) is 4.13. The predicted molar refractivity (Wildman–Crippen MR) is 98.0 cm³/mol. The van der Waals surface area contributed by atoms with Crippen molar-refractivity contribution in [2.75, 3.05) is 5.32 Å². The largest absolute Gasteiger partial charge is 0.358 e. The van der Waals surface area contributed by atoms with Gasteiger partial charge in [0.15, 0.2) is 0 Å². The number of anilines is 1. The van der Waals surface area contributed by atoms with Crippen molar-refractivity contribution in [1.29, 1.82) is 0 Å². The zero-order valence-electron chi connectivity index (χ0n) is 14.0. The van der Waals surface area contributed by atoms with Crippen LogP contribution in [0.15, 0.2) is 66.1 Å². The number of amides is 1. The maximum Gasteiger partial charge on any atom is 0.261 e. The molecule has 134 valence electrons. The lowest BCUT2D eigenvalue weighted by Crippen LogP contribution is -2.22. The number of halogens is 1. The van der Waals surface area contributed by atoms with Gasteiger partial charge in [0.1, 0.15) is 24.0 Å². The summed E-state index contributed by atoms with van der Waals surface area (Å²) in [5.74, 6) is -1.11. The van der Waals surface area contributed by atoms with Crippen LogP contribution < -0.4 is 10.7 Å². The lowest BCUT2D eigenvalue weighted by Gasteiger charge is -2.07. The number of aromatic nitrogens is 4. The van der Waals surface area contributed by atoms with Crippen LogP contribution in [0, 0.1) is 5.82 Å². The molecule has 2 heterocycles. The highest BCUT2D eigenvalue weighted by atomic mass is 19.1. The summed E-state index contributed by atoms with van der Waals surface area (Å²) in [5, 5.41) is 6.84. The Bertz CT molecular complexity index is 1170. The van der Waals surface area contributed by atoms with Gasteiger partial charge in [0, 0.05) is 17.3 Å². The fraction of sp³-hybridized carbons (Fsp3) is 0.0526. The molecule has 7 nitrogen and oxygen atoms in total. The summed E-state index contributed by atoms with van der Waals surface area (Å²) >= 11 is 0. The number of carbonyl (C=O) groups is 1. The number of para-hydroxylation sites is 1. The van der Waals surface area contributed by atoms with Gasteiger partial charge in [-0.1, -0.05) is 18.2 Å². The Balaban J connectivity index is 1.55. The summed E-state index contributed by atoms with van der Waals surface area (Å²) in [5.41, 5.74) is 0.999. The van der Waals surface area contributed by atoms with Crippen LogP contribution in [0.25, 0.3) is 10.9 Å². The van der Waals surface area contributed by atoms with E-state index in [1.165, 1.54) is 30.7 Å². The SMILES string of the molecule is O=C(Nc1ccc(Cn2cncn2)cc1)c1c[nH]c2c(F)cccc2c1=O. The van der Waals surface area contributed by atoms with E-state index in [0.717, 1.165) is 5.56 Å². The third kappa shape index (κ3) is 3.32. The van der Waals surface area contributed by atoms with Crippen LogP contribution in [0.1, 0.15) is 15.9 Å². The van der Waals surface area contributed by atoms with Gasteiger partial charge in [0.05, 0.1) is 12.1 Å². The van der Waals surface area contributed by atoms with E-state index in [1.54, 1.807) is 23.1 Å². The molecule has 0 unspecified atom stereocenters.